The van der Waals surface area contributed by atoms with Crippen LogP contribution in [-0.2, 0) is 0 Å². The number of nitrogens with zero attached hydrogens (tertiary/aromatic N) is 1. The van der Waals surface area contributed by atoms with Crippen LogP contribution in [0.5, 0.6) is 0 Å². The first-order valence-corrected chi connectivity index (χ1v) is 6.04. The third-order valence-corrected chi connectivity index (χ3v) is 2.25. The van der Waals surface area contributed by atoms with Crippen molar-refractivity contribution in [2.24, 2.45) is 0 Å². The van der Waals surface area contributed by atoms with Gasteiger partial charge in [0.2, 0.25) is 0 Å². The summed E-state index contributed by atoms with van der Waals surface area (Å²) in [4.78, 5) is 24.0. The molecule has 0 N–H and O–H groups in total. The van der Waals surface area contributed by atoms with Gasteiger partial charge < -0.3 is 0 Å². The largest absolute Gasteiger partial charge is 0.277 e. The van der Waals surface area contributed by atoms with Gasteiger partial charge in [-0.2, -0.15) is 0 Å². The van der Waals surface area contributed by atoms with Crippen molar-refractivity contribution in [2.75, 3.05) is 7.05 Å². The minimum absolute atomic E-state index is 0.205. The molecule has 0 aromatic heterocycles. The van der Waals surface area contributed by atoms with E-state index in [4.69, 9.17) is 0 Å². The highest BCUT2D eigenvalue weighted by Gasteiger charge is 2.32. The average molecular weight is 235 g/mol. The molecule has 94 valence electrons. The van der Waals surface area contributed by atoms with Crippen LogP contribution in [-0.4, -0.2) is 23.8 Å². The molecule has 0 saturated heterocycles. The summed E-state index contributed by atoms with van der Waals surface area (Å²) in [6.45, 7) is 9.90. The van der Waals surface area contributed by atoms with Gasteiger partial charge in [0, 0.05) is 7.05 Å². The molecule has 0 bridgehead atoms. The Balaban J connectivity index is 0.000000581. The van der Waals surface area contributed by atoms with E-state index in [0.29, 0.717) is 11.1 Å². The van der Waals surface area contributed by atoms with Crippen LogP contribution in [0.4, 0.5) is 0 Å². The number of carbonyl (C=O) groups excluding carboxylic acids is 2. The molecular formula is C14H21NO2. The molecule has 0 unspecified atom stereocenters. The van der Waals surface area contributed by atoms with Gasteiger partial charge in [-0.1, -0.05) is 39.3 Å². The molecule has 1 heterocycles. The van der Waals surface area contributed by atoms with Crippen LogP contribution in [0.3, 0.4) is 0 Å². The molecule has 2 rings (SSSR count). The normalized spacial score (nSPS) is 12.2. The van der Waals surface area contributed by atoms with E-state index in [9.17, 15) is 9.59 Å². The van der Waals surface area contributed by atoms with E-state index in [1.807, 2.05) is 40.7 Å². The molecule has 0 fully saturated rings. The lowest BCUT2D eigenvalue weighted by atomic mass is 10.1. The van der Waals surface area contributed by atoms with Crippen molar-refractivity contribution < 1.29 is 9.59 Å². The van der Waals surface area contributed by atoms with Crippen LogP contribution in [0.2, 0.25) is 0 Å². The van der Waals surface area contributed by atoms with Gasteiger partial charge in [-0.15, -0.1) is 0 Å². The monoisotopic (exact) mass is 235 g/mol. The minimum Gasteiger partial charge on any atom is -0.277 e. The second-order valence-corrected chi connectivity index (χ2v) is 3.22. The van der Waals surface area contributed by atoms with Crippen molar-refractivity contribution >= 4 is 11.8 Å². The summed E-state index contributed by atoms with van der Waals surface area (Å²) in [5, 5.41) is 0. The predicted octanol–water partition coefficient (Wildman–Crippen LogP) is 3.27. The zero-order valence-electron chi connectivity index (χ0n) is 11.5. The van der Waals surface area contributed by atoms with E-state index in [1.165, 1.54) is 7.05 Å². The van der Waals surface area contributed by atoms with E-state index in [2.05, 4.69) is 0 Å². The Hall–Kier alpha value is -1.64. The maximum atomic E-state index is 11.5. The molecule has 3 heteroatoms. The summed E-state index contributed by atoms with van der Waals surface area (Å²) >= 11 is 0. The lowest BCUT2D eigenvalue weighted by Crippen LogP contribution is -2.24. The van der Waals surface area contributed by atoms with Gasteiger partial charge in [0.05, 0.1) is 11.1 Å². The fraction of sp³-hybridized carbons (Fsp3) is 0.429. The Morgan fingerprint density at radius 1 is 0.882 bits per heavy atom. The van der Waals surface area contributed by atoms with Crippen LogP contribution in [0.1, 0.15) is 54.0 Å². The number of hydrogen-bond donors (Lipinski definition) is 0. The van der Waals surface area contributed by atoms with E-state index < -0.39 is 0 Å². The van der Waals surface area contributed by atoms with Crippen LogP contribution in [0.15, 0.2) is 18.2 Å². The van der Waals surface area contributed by atoms with Crippen molar-refractivity contribution in [3.05, 3.63) is 34.9 Å². The molecule has 1 aliphatic heterocycles. The molecule has 0 spiro atoms. The van der Waals surface area contributed by atoms with Gasteiger partial charge in [-0.25, -0.2) is 0 Å². The summed E-state index contributed by atoms with van der Waals surface area (Å²) in [5.74, 6) is -0.413. The number of aryl methyl sites for hydroxylation is 1. The van der Waals surface area contributed by atoms with Gasteiger partial charge in [0.15, 0.2) is 0 Å². The molecular weight excluding hydrogens is 214 g/mol. The standard InChI is InChI=1S/C10H9NO2.2C2H6/c1-6-3-4-7-8(5-6)10(13)11(2)9(7)12;2*1-2/h3-5H,1-2H3;2*1-2H3. The van der Waals surface area contributed by atoms with Gasteiger partial charge in [-0.05, 0) is 19.1 Å². The van der Waals surface area contributed by atoms with Crippen molar-refractivity contribution in [2.45, 2.75) is 34.6 Å². The summed E-state index contributed by atoms with van der Waals surface area (Å²) in [6.07, 6.45) is 0. The van der Waals surface area contributed by atoms with Crippen LogP contribution >= 0.6 is 0 Å². The SMILES string of the molecule is CC.CC.Cc1ccc2c(c1)C(=O)N(C)C2=O. The maximum absolute atomic E-state index is 11.5. The summed E-state index contributed by atoms with van der Waals surface area (Å²) in [7, 11) is 1.50. The molecule has 1 aromatic carbocycles. The predicted molar refractivity (Wildman–Crippen MR) is 70.3 cm³/mol. The molecule has 2 amide bonds. The Labute approximate surface area is 103 Å². The number of fused-ring (bicyclic) bond motifs is 1. The number of rotatable bonds is 0. The van der Waals surface area contributed by atoms with E-state index in [-0.39, 0.29) is 11.8 Å². The molecule has 0 saturated carbocycles. The highest BCUT2D eigenvalue weighted by molar-refractivity contribution is 6.21. The molecule has 3 nitrogen and oxygen atoms in total. The number of benzene rings is 1. The molecule has 0 atom stereocenters. The first kappa shape index (κ1) is 15.4. The second kappa shape index (κ2) is 6.84. The Morgan fingerprint density at radius 2 is 1.35 bits per heavy atom. The topological polar surface area (TPSA) is 37.4 Å². The van der Waals surface area contributed by atoms with Crippen molar-refractivity contribution in [3.63, 3.8) is 0 Å². The number of amides is 2. The number of carbonyl (C=O) groups is 2. The smallest absolute Gasteiger partial charge is 0.261 e. The molecule has 1 aromatic rings. The van der Waals surface area contributed by atoms with Crippen molar-refractivity contribution in [1.29, 1.82) is 0 Å². The highest BCUT2D eigenvalue weighted by Crippen LogP contribution is 2.21. The van der Waals surface area contributed by atoms with Gasteiger partial charge >= 0.3 is 0 Å². The van der Waals surface area contributed by atoms with E-state index in [1.54, 1.807) is 12.1 Å². The zero-order chi connectivity index (χ0) is 13.6. The zero-order valence-corrected chi connectivity index (χ0v) is 11.5. The number of hydrogen-bond acceptors (Lipinski definition) is 2. The highest BCUT2D eigenvalue weighted by atomic mass is 16.2. The van der Waals surface area contributed by atoms with E-state index >= 15 is 0 Å². The van der Waals surface area contributed by atoms with Crippen molar-refractivity contribution in [1.82, 2.24) is 4.90 Å². The van der Waals surface area contributed by atoms with Crippen LogP contribution in [0, 0.1) is 6.92 Å². The lowest BCUT2D eigenvalue weighted by Gasteiger charge is -2.02. The molecule has 0 radical (unpaired) electrons. The fourth-order valence-electron chi connectivity index (χ4n) is 1.48. The Morgan fingerprint density at radius 3 is 1.88 bits per heavy atom. The quantitative estimate of drug-likeness (QED) is 0.647. The Bertz CT molecular complexity index is 411. The summed E-state index contributed by atoms with van der Waals surface area (Å²) in [6, 6.07) is 5.29. The molecule has 17 heavy (non-hydrogen) atoms. The summed E-state index contributed by atoms with van der Waals surface area (Å²) in [5.41, 5.74) is 2.03. The van der Waals surface area contributed by atoms with Crippen molar-refractivity contribution in [3.8, 4) is 0 Å². The third kappa shape index (κ3) is 2.93. The van der Waals surface area contributed by atoms with E-state index in [0.717, 1.165) is 10.5 Å². The number of imide groups is 1. The first-order chi connectivity index (χ1) is 8.11. The molecule has 1 aliphatic rings. The minimum atomic E-state index is -0.208. The Kier molecular flexibility index (Phi) is 6.18. The van der Waals surface area contributed by atoms with Gasteiger partial charge in [0.25, 0.3) is 11.8 Å². The molecule has 0 aliphatic carbocycles. The summed E-state index contributed by atoms with van der Waals surface area (Å²) < 4.78 is 0. The third-order valence-electron chi connectivity index (χ3n) is 2.25. The second-order valence-electron chi connectivity index (χ2n) is 3.22. The fourth-order valence-corrected chi connectivity index (χ4v) is 1.48. The van der Waals surface area contributed by atoms with Crippen LogP contribution < -0.4 is 0 Å². The van der Waals surface area contributed by atoms with Gasteiger partial charge in [0.1, 0.15) is 0 Å². The maximum Gasteiger partial charge on any atom is 0.261 e. The van der Waals surface area contributed by atoms with Crippen LogP contribution in [0.25, 0.3) is 0 Å². The average Bonchev–Trinajstić information content (AvgIpc) is 2.59. The first-order valence-electron chi connectivity index (χ1n) is 6.04. The lowest BCUT2D eigenvalue weighted by molar-refractivity contribution is 0.0693. The van der Waals surface area contributed by atoms with Gasteiger partial charge in [-0.3, -0.25) is 14.5 Å².